The van der Waals surface area contributed by atoms with E-state index in [4.69, 9.17) is 0 Å². The quantitative estimate of drug-likeness (QED) is 0.622. The second-order valence-electron chi connectivity index (χ2n) is 5.10. The zero-order valence-corrected chi connectivity index (χ0v) is 11.0. The van der Waals surface area contributed by atoms with E-state index < -0.39 is 0 Å². The Hall–Kier alpha value is -1.42. The van der Waals surface area contributed by atoms with Crippen molar-refractivity contribution >= 4 is 5.69 Å². The molecule has 1 aliphatic rings. The van der Waals surface area contributed by atoms with Crippen LogP contribution in [0.3, 0.4) is 0 Å². The maximum absolute atomic E-state index is 11.0. The highest BCUT2D eigenvalue weighted by Gasteiger charge is 2.32. The van der Waals surface area contributed by atoms with Crippen LogP contribution in [0.1, 0.15) is 30.9 Å². The van der Waals surface area contributed by atoms with Crippen molar-refractivity contribution in [2.45, 2.75) is 39.2 Å². The average Bonchev–Trinajstić information content (AvgIpc) is 3.12. The molecule has 0 radical (unpaired) electrons. The van der Waals surface area contributed by atoms with E-state index in [2.05, 4.69) is 12.2 Å². The Kier molecular flexibility index (Phi) is 3.97. The number of hydrogen-bond donors (Lipinski definition) is 1. The fourth-order valence-corrected chi connectivity index (χ4v) is 2.46. The van der Waals surface area contributed by atoms with Crippen molar-refractivity contribution in [2.24, 2.45) is 5.92 Å². The molecule has 1 aromatic carbocycles. The maximum Gasteiger partial charge on any atom is 0.272 e. The molecular weight excluding hydrogens is 228 g/mol. The Morgan fingerprint density at radius 3 is 2.78 bits per heavy atom. The van der Waals surface area contributed by atoms with Crippen LogP contribution in [0.4, 0.5) is 5.69 Å². The molecule has 18 heavy (non-hydrogen) atoms. The molecule has 1 unspecified atom stereocenters. The van der Waals surface area contributed by atoms with Gasteiger partial charge in [0, 0.05) is 17.7 Å². The SMILES string of the molecule is CCNC(Cc1cc(C)ccc1[N+](=O)[O-])C1CC1. The van der Waals surface area contributed by atoms with Crippen LogP contribution >= 0.6 is 0 Å². The molecule has 0 heterocycles. The Bertz CT molecular complexity index is 441. The Morgan fingerprint density at radius 2 is 2.22 bits per heavy atom. The summed E-state index contributed by atoms with van der Waals surface area (Å²) in [5.41, 5.74) is 2.20. The molecule has 0 aliphatic heterocycles. The molecular formula is C14H20N2O2. The predicted octanol–water partition coefficient (Wildman–Crippen LogP) is 2.83. The molecule has 0 spiro atoms. The summed E-state index contributed by atoms with van der Waals surface area (Å²) in [5, 5.41) is 14.5. The first-order chi connectivity index (χ1) is 8.61. The minimum atomic E-state index is -0.273. The van der Waals surface area contributed by atoms with E-state index in [1.54, 1.807) is 12.1 Å². The summed E-state index contributed by atoms with van der Waals surface area (Å²) in [6, 6.07) is 5.77. The number of nitro groups is 1. The van der Waals surface area contributed by atoms with Gasteiger partial charge in [0.1, 0.15) is 0 Å². The Morgan fingerprint density at radius 1 is 1.50 bits per heavy atom. The number of nitrogens with one attached hydrogen (secondary N) is 1. The number of rotatable bonds is 6. The number of likely N-dealkylation sites (N-methyl/N-ethyl adjacent to an activating group) is 1. The van der Waals surface area contributed by atoms with Gasteiger partial charge < -0.3 is 5.32 Å². The lowest BCUT2D eigenvalue weighted by molar-refractivity contribution is -0.385. The highest BCUT2D eigenvalue weighted by Crippen LogP contribution is 2.35. The number of benzene rings is 1. The molecule has 1 atom stereocenters. The third-order valence-corrected chi connectivity index (χ3v) is 3.53. The van der Waals surface area contributed by atoms with Crippen molar-refractivity contribution in [1.29, 1.82) is 0 Å². The molecule has 0 aromatic heterocycles. The zero-order chi connectivity index (χ0) is 13.1. The van der Waals surface area contributed by atoms with Gasteiger partial charge in [0.25, 0.3) is 5.69 Å². The summed E-state index contributed by atoms with van der Waals surface area (Å²) in [6.45, 7) is 4.98. The van der Waals surface area contributed by atoms with Crippen molar-refractivity contribution in [3.05, 3.63) is 39.4 Å². The summed E-state index contributed by atoms with van der Waals surface area (Å²) in [5.74, 6) is 0.699. The van der Waals surface area contributed by atoms with Gasteiger partial charge in [-0.25, -0.2) is 0 Å². The molecule has 0 amide bonds. The standard InChI is InChI=1S/C14H20N2O2/c1-3-15-13(11-5-6-11)9-12-8-10(2)4-7-14(12)16(17)18/h4,7-8,11,13,15H,3,5-6,9H2,1-2H3. The van der Waals surface area contributed by atoms with Gasteiger partial charge in [0.05, 0.1) is 4.92 Å². The molecule has 1 N–H and O–H groups in total. The highest BCUT2D eigenvalue weighted by molar-refractivity contribution is 5.43. The van der Waals surface area contributed by atoms with Crippen LogP contribution in [-0.2, 0) is 6.42 Å². The summed E-state index contributed by atoms with van der Waals surface area (Å²) in [6.07, 6.45) is 3.26. The van der Waals surface area contributed by atoms with Gasteiger partial charge in [-0.3, -0.25) is 10.1 Å². The molecule has 0 saturated heterocycles. The Balaban J connectivity index is 2.20. The lowest BCUT2D eigenvalue weighted by Gasteiger charge is -2.17. The van der Waals surface area contributed by atoms with Gasteiger partial charge in [-0.15, -0.1) is 0 Å². The van der Waals surface area contributed by atoms with Gasteiger partial charge in [-0.1, -0.05) is 18.6 Å². The molecule has 4 heteroatoms. The van der Waals surface area contributed by atoms with Gasteiger partial charge in [0.15, 0.2) is 0 Å². The van der Waals surface area contributed by atoms with Crippen molar-refractivity contribution in [1.82, 2.24) is 5.32 Å². The fraction of sp³-hybridized carbons (Fsp3) is 0.571. The highest BCUT2D eigenvalue weighted by atomic mass is 16.6. The molecule has 4 nitrogen and oxygen atoms in total. The van der Waals surface area contributed by atoms with Crippen molar-refractivity contribution in [3.8, 4) is 0 Å². The smallest absolute Gasteiger partial charge is 0.272 e. The van der Waals surface area contributed by atoms with E-state index in [1.807, 2.05) is 13.0 Å². The van der Waals surface area contributed by atoms with Crippen molar-refractivity contribution < 1.29 is 4.92 Å². The van der Waals surface area contributed by atoms with E-state index in [9.17, 15) is 10.1 Å². The van der Waals surface area contributed by atoms with Crippen LogP contribution in [0, 0.1) is 23.0 Å². The summed E-state index contributed by atoms with van der Waals surface area (Å²) in [4.78, 5) is 10.8. The second kappa shape index (κ2) is 5.48. The predicted molar refractivity (Wildman–Crippen MR) is 71.7 cm³/mol. The minimum absolute atomic E-state index is 0.254. The van der Waals surface area contributed by atoms with E-state index in [0.717, 1.165) is 24.1 Å². The first-order valence-corrected chi connectivity index (χ1v) is 6.59. The first kappa shape index (κ1) is 13.0. The molecule has 98 valence electrons. The van der Waals surface area contributed by atoms with Crippen LogP contribution in [-0.4, -0.2) is 17.5 Å². The van der Waals surface area contributed by atoms with E-state index in [1.165, 1.54) is 12.8 Å². The van der Waals surface area contributed by atoms with Gasteiger partial charge in [-0.2, -0.15) is 0 Å². The van der Waals surface area contributed by atoms with Crippen LogP contribution in [0.2, 0.25) is 0 Å². The molecule has 1 aromatic rings. The normalized spacial score (nSPS) is 16.6. The lowest BCUT2D eigenvalue weighted by atomic mass is 9.99. The van der Waals surface area contributed by atoms with Crippen molar-refractivity contribution in [2.75, 3.05) is 6.54 Å². The number of nitrogens with zero attached hydrogens (tertiary/aromatic N) is 1. The molecule has 1 fully saturated rings. The van der Waals surface area contributed by atoms with Crippen LogP contribution < -0.4 is 5.32 Å². The van der Waals surface area contributed by atoms with Crippen LogP contribution in [0.5, 0.6) is 0 Å². The first-order valence-electron chi connectivity index (χ1n) is 6.59. The third-order valence-electron chi connectivity index (χ3n) is 3.53. The molecule has 1 saturated carbocycles. The van der Waals surface area contributed by atoms with Crippen LogP contribution in [0.15, 0.2) is 18.2 Å². The minimum Gasteiger partial charge on any atom is -0.314 e. The fourth-order valence-electron chi connectivity index (χ4n) is 2.46. The number of aryl methyl sites for hydroxylation is 1. The molecule has 2 rings (SSSR count). The van der Waals surface area contributed by atoms with E-state index >= 15 is 0 Å². The van der Waals surface area contributed by atoms with Crippen LogP contribution in [0.25, 0.3) is 0 Å². The summed E-state index contributed by atoms with van der Waals surface area (Å²) < 4.78 is 0. The zero-order valence-electron chi connectivity index (χ0n) is 11.0. The van der Waals surface area contributed by atoms with E-state index in [0.29, 0.717) is 12.0 Å². The number of nitro benzene ring substituents is 1. The largest absolute Gasteiger partial charge is 0.314 e. The molecule has 0 bridgehead atoms. The maximum atomic E-state index is 11.0. The van der Waals surface area contributed by atoms with Gasteiger partial charge >= 0.3 is 0 Å². The van der Waals surface area contributed by atoms with Crippen molar-refractivity contribution in [3.63, 3.8) is 0 Å². The summed E-state index contributed by atoms with van der Waals surface area (Å²) >= 11 is 0. The Labute approximate surface area is 108 Å². The topological polar surface area (TPSA) is 55.2 Å². The molecule has 1 aliphatic carbocycles. The lowest BCUT2D eigenvalue weighted by Crippen LogP contribution is -2.33. The van der Waals surface area contributed by atoms with Gasteiger partial charge in [-0.05, 0) is 44.7 Å². The van der Waals surface area contributed by atoms with Gasteiger partial charge in [0.2, 0.25) is 0 Å². The second-order valence-corrected chi connectivity index (χ2v) is 5.10. The summed E-state index contributed by atoms with van der Waals surface area (Å²) in [7, 11) is 0. The average molecular weight is 248 g/mol. The number of hydrogen-bond acceptors (Lipinski definition) is 3. The monoisotopic (exact) mass is 248 g/mol. The van der Waals surface area contributed by atoms with E-state index in [-0.39, 0.29) is 10.6 Å². The third kappa shape index (κ3) is 3.07.